The zero-order chi connectivity index (χ0) is 11.3. The molecule has 0 N–H and O–H groups in total. The third-order valence-corrected chi connectivity index (χ3v) is 1.74. The molecule has 82 valence electrons. The van der Waals surface area contributed by atoms with E-state index in [-0.39, 0.29) is 0 Å². The van der Waals surface area contributed by atoms with Crippen molar-refractivity contribution in [1.82, 2.24) is 0 Å². The summed E-state index contributed by atoms with van der Waals surface area (Å²) in [4.78, 5) is 0. The molecular weight excluding hydrogens is 205 g/mol. The van der Waals surface area contributed by atoms with E-state index in [1.807, 2.05) is 0 Å². The van der Waals surface area contributed by atoms with E-state index in [2.05, 4.69) is 0 Å². The Morgan fingerprint density at radius 3 is 2.67 bits per heavy atom. The molecule has 0 heterocycles. The lowest BCUT2D eigenvalue weighted by Gasteiger charge is -2.06. The molecule has 0 fully saturated rings. The van der Waals surface area contributed by atoms with Gasteiger partial charge in [0.05, 0.1) is 18.4 Å². The predicted octanol–water partition coefficient (Wildman–Crippen LogP) is 3.71. The molecule has 15 heavy (non-hydrogen) atoms. The van der Waals surface area contributed by atoms with E-state index in [9.17, 15) is 13.2 Å². The molecule has 0 aliphatic heterocycles. The molecule has 0 aliphatic carbocycles. The first kappa shape index (κ1) is 11.6. The van der Waals surface area contributed by atoms with Crippen molar-refractivity contribution in [2.75, 3.05) is 6.61 Å². The van der Waals surface area contributed by atoms with Crippen LogP contribution >= 0.6 is 0 Å². The second-order valence-corrected chi connectivity index (χ2v) is 2.88. The van der Waals surface area contributed by atoms with Crippen LogP contribution in [0.5, 0.6) is 0 Å². The molecule has 1 aromatic rings. The second kappa shape index (κ2) is 4.87. The highest BCUT2D eigenvalue weighted by molar-refractivity contribution is 5.49. The largest absolute Gasteiger partial charge is 0.501 e. The molecule has 0 aromatic heterocycles. The normalized spacial score (nSPS) is 12.0. The molecule has 0 saturated heterocycles. The van der Waals surface area contributed by atoms with Crippen LogP contribution in [0.2, 0.25) is 0 Å². The molecule has 1 rings (SSSR count). The summed E-state index contributed by atoms with van der Waals surface area (Å²) in [5.74, 6) is 0. The minimum atomic E-state index is -4.30. The van der Waals surface area contributed by atoms with E-state index in [0.29, 0.717) is 12.2 Å². The molecule has 1 nitrogen and oxygen atoms in total. The van der Waals surface area contributed by atoms with Gasteiger partial charge in [-0.3, -0.25) is 0 Å². The first-order valence-corrected chi connectivity index (χ1v) is 4.49. The van der Waals surface area contributed by atoms with Gasteiger partial charge < -0.3 is 4.74 Å². The summed E-state index contributed by atoms with van der Waals surface area (Å²) in [5.41, 5.74) is -0.181. The van der Waals surface area contributed by atoms with Crippen LogP contribution in [0.25, 0.3) is 6.08 Å². The molecule has 0 aliphatic rings. The van der Waals surface area contributed by atoms with Crippen LogP contribution < -0.4 is 0 Å². The Balaban J connectivity index is 2.84. The van der Waals surface area contributed by atoms with Gasteiger partial charge in [0.1, 0.15) is 0 Å². The number of ether oxygens (including phenoxy) is 1. The third kappa shape index (κ3) is 3.65. The summed E-state index contributed by atoms with van der Waals surface area (Å²) in [6.45, 7) is 2.30. The van der Waals surface area contributed by atoms with Gasteiger partial charge in [0.2, 0.25) is 0 Å². The summed E-state index contributed by atoms with van der Waals surface area (Å²) < 4.78 is 41.8. The molecule has 0 unspecified atom stereocenters. The fourth-order valence-electron chi connectivity index (χ4n) is 1.04. The van der Waals surface area contributed by atoms with Crippen molar-refractivity contribution >= 4 is 6.08 Å². The molecule has 0 atom stereocenters. The molecular formula is C11H11F3O. The molecule has 0 amide bonds. The predicted molar refractivity (Wildman–Crippen MR) is 52.1 cm³/mol. The van der Waals surface area contributed by atoms with Crippen LogP contribution in [-0.4, -0.2) is 6.61 Å². The highest BCUT2D eigenvalue weighted by Gasteiger charge is 2.30. The second-order valence-electron chi connectivity index (χ2n) is 2.88. The summed E-state index contributed by atoms with van der Waals surface area (Å²) >= 11 is 0. The minimum Gasteiger partial charge on any atom is -0.501 e. The molecule has 1 aromatic carbocycles. The Morgan fingerprint density at radius 1 is 1.33 bits per heavy atom. The van der Waals surface area contributed by atoms with Crippen LogP contribution in [0, 0.1) is 0 Å². The standard InChI is InChI=1S/C11H11F3O/c1-2-15-7-6-9-4-3-5-10(8-9)11(12,13)14/h3-8H,2H2,1H3. The van der Waals surface area contributed by atoms with Gasteiger partial charge in [-0.05, 0) is 30.7 Å². The van der Waals surface area contributed by atoms with Crippen LogP contribution in [0.1, 0.15) is 18.1 Å². The van der Waals surface area contributed by atoms with E-state index in [4.69, 9.17) is 4.74 Å². The van der Waals surface area contributed by atoms with Gasteiger partial charge in [0.15, 0.2) is 0 Å². The van der Waals surface area contributed by atoms with Crippen LogP contribution in [0.15, 0.2) is 30.5 Å². The number of rotatable bonds is 3. The zero-order valence-electron chi connectivity index (χ0n) is 8.21. The van der Waals surface area contributed by atoms with E-state index < -0.39 is 11.7 Å². The number of halogens is 3. The van der Waals surface area contributed by atoms with Crippen LogP contribution in [0.3, 0.4) is 0 Å². The smallest absolute Gasteiger partial charge is 0.416 e. The van der Waals surface area contributed by atoms with E-state index in [1.54, 1.807) is 13.0 Å². The molecule has 0 spiro atoms. The van der Waals surface area contributed by atoms with E-state index >= 15 is 0 Å². The maximum Gasteiger partial charge on any atom is 0.416 e. The van der Waals surface area contributed by atoms with Gasteiger partial charge in [-0.15, -0.1) is 0 Å². The number of hydrogen-bond donors (Lipinski definition) is 0. The molecule has 0 bridgehead atoms. The van der Waals surface area contributed by atoms with E-state index in [1.165, 1.54) is 18.4 Å². The summed E-state index contributed by atoms with van der Waals surface area (Å²) in [6, 6.07) is 5.08. The van der Waals surface area contributed by atoms with Gasteiger partial charge in [0, 0.05) is 0 Å². The van der Waals surface area contributed by atoms with Crippen molar-refractivity contribution in [2.45, 2.75) is 13.1 Å². The van der Waals surface area contributed by atoms with Gasteiger partial charge >= 0.3 is 6.18 Å². The van der Waals surface area contributed by atoms with Crippen molar-refractivity contribution in [3.63, 3.8) is 0 Å². The quantitative estimate of drug-likeness (QED) is 0.700. The summed E-state index contributed by atoms with van der Waals surface area (Å²) in [7, 11) is 0. The fourth-order valence-corrected chi connectivity index (χ4v) is 1.04. The van der Waals surface area contributed by atoms with Crippen LogP contribution in [-0.2, 0) is 10.9 Å². The lowest BCUT2D eigenvalue weighted by molar-refractivity contribution is -0.137. The summed E-state index contributed by atoms with van der Waals surface area (Å²) in [6.07, 6.45) is -1.41. The third-order valence-electron chi connectivity index (χ3n) is 1.74. The number of benzene rings is 1. The summed E-state index contributed by atoms with van der Waals surface area (Å²) in [5, 5.41) is 0. The first-order valence-electron chi connectivity index (χ1n) is 4.49. The minimum absolute atomic E-state index is 0.471. The SMILES string of the molecule is CCOC=Cc1cccc(C(F)(F)F)c1. The number of hydrogen-bond acceptors (Lipinski definition) is 1. The zero-order valence-corrected chi connectivity index (χ0v) is 8.21. The van der Waals surface area contributed by atoms with Gasteiger partial charge in [-0.25, -0.2) is 0 Å². The Labute approximate surface area is 86.2 Å². The molecule has 4 heteroatoms. The Hall–Kier alpha value is -1.45. The molecule has 0 radical (unpaired) electrons. The van der Waals surface area contributed by atoms with Gasteiger partial charge in [-0.2, -0.15) is 13.2 Å². The average Bonchev–Trinajstić information content (AvgIpc) is 2.17. The van der Waals surface area contributed by atoms with Crippen molar-refractivity contribution < 1.29 is 17.9 Å². The van der Waals surface area contributed by atoms with Crippen molar-refractivity contribution in [2.24, 2.45) is 0 Å². The highest BCUT2D eigenvalue weighted by atomic mass is 19.4. The van der Waals surface area contributed by atoms with Gasteiger partial charge in [-0.1, -0.05) is 12.1 Å². The fraction of sp³-hybridized carbons (Fsp3) is 0.273. The van der Waals surface area contributed by atoms with Crippen molar-refractivity contribution in [1.29, 1.82) is 0 Å². The Morgan fingerprint density at radius 2 is 2.07 bits per heavy atom. The van der Waals surface area contributed by atoms with E-state index in [0.717, 1.165) is 12.1 Å². The van der Waals surface area contributed by atoms with Crippen molar-refractivity contribution in [3.05, 3.63) is 41.7 Å². The monoisotopic (exact) mass is 216 g/mol. The highest BCUT2D eigenvalue weighted by Crippen LogP contribution is 2.29. The lowest BCUT2D eigenvalue weighted by atomic mass is 10.1. The first-order chi connectivity index (χ1) is 7.04. The lowest BCUT2D eigenvalue weighted by Crippen LogP contribution is -2.04. The topological polar surface area (TPSA) is 9.23 Å². The van der Waals surface area contributed by atoms with Crippen molar-refractivity contribution in [3.8, 4) is 0 Å². The van der Waals surface area contributed by atoms with Crippen LogP contribution in [0.4, 0.5) is 13.2 Å². The number of alkyl halides is 3. The Bertz CT molecular complexity index is 342. The average molecular weight is 216 g/mol. The maximum atomic E-state index is 12.3. The molecule has 0 saturated carbocycles. The van der Waals surface area contributed by atoms with Gasteiger partial charge in [0.25, 0.3) is 0 Å². The Kier molecular flexibility index (Phi) is 3.77. The maximum absolute atomic E-state index is 12.3.